The molecular weight excluding hydrogens is 214 g/mol. The molecule has 2 aromatic heterocycles. The van der Waals surface area contributed by atoms with Gasteiger partial charge in [0.05, 0.1) is 5.69 Å². The zero-order chi connectivity index (χ0) is 11.5. The lowest BCUT2D eigenvalue weighted by Crippen LogP contribution is -2.12. The number of fused-ring (bicyclic) bond motifs is 1. The first kappa shape index (κ1) is 10.1. The topological polar surface area (TPSA) is 53.9 Å². The Bertz CT molecular complexity index is 598. The fraction of sp³-hybridized carbons (Fsp3) is 0.154. The third-order valence-electron chi connectivity index (χ3n) is 2.75. The van der Waals surface area contributed by atoms with Crippen LogP contribution < -0.4 is 5.32 Å². The van der Waals surface area contributed by atoms with Gasteiger partial charge in [0.25, 0.3) is 0 Å². The summed E-state index contributed by atoms with van der Waals surface area (Å²) in [5.74, 6) is 0. The van der Waals surface area contributed by atoms with Gasteiger partial charge in [0.1, 0.15) is 6.26 Å². The number of rotatable bonds is 4. The van der Waals surface area contributed by atoms with Crippen LogP contribution in [0.25, 0.3) is 10.9 Å². The first-order valence-corrected chi connectivity index (χ1v) is 5.58. The van der Waals surface area contributed by atoms with Crippen molar-refractivity contribution in [3.05, 3.63) is 54.0 Å². The molecule has 0 fully saturated rings. The molecule has 17 heavy (non-hydrogen) atoms. The summed E-state index contributed by atoms with van der Waals surface area (Å²) in [7, 11) is 0. The van der Waals surface area contributed by atoms with Gasteiger partial charge in [0.2, 0.25) is 0 Å². The molecule has 0 radical (unpaired) electrons. The van der Waals surface area contributed by atoms with Crippen molar-refractivity contribution in [2.75, 3.05) is 0 Å². The highest BCUT2D eigenvalue weighted by Gasteiger charge is 1.99. The summed E-state index contributed by atoms with van der Waals surface area (Å²) in [5.41, 5.74) is 3.35. The van der Waals surface area contributed by atoms with Crippen LogP contribution in [0.5, 0.6) is 0 Å². The van der Waals surface area contributed by atoms with Crippen LogP contribution >= 0.6 is 0 Å². The van der Waals surface area contributed by atoms with Crippen molar-refractivity contribution in [3.63, 3.8) is 0 Å². The molecule has 86 valence electrons. The first-order valence-electron chi connectivity index (χ1n) is 5.58. The number of benzene rings is 1. The molecule has 0 saturated heterocycles. The standard InChI is InChI=1S/C13H13N3O/c1-2-11-3-5-15-13(11)7-10(1)8-14-9-12-4-6-17-16-12/h1-7,14-15H,8-9H2. The molecule has 0 unspecified atom stereocenters. The fourth-order valence-electron chi connectivity index (χ4n) is 1.87. The molecular formula is C13H13N3O. The van der Waals surface area contributed by atoms with Gasteiger partial charge in [-0.2, -0.15) is 0 Å². The van der Waals surface area contributed by atoms with Crippen molar-refractivity contribution in [2.45, 2.75) is 13.1 Å². The molecule has 0 bridgehead atoms. The summed E-state index contributed by atoms with van der Waals surface area (Å²) in [6, 6.07) is 10.3. The Hall–Kier alpha value is -2.07. The molecule has 0 saturated carbocycles. The Balaban J connectivity index is 1.64. The van der Waals surface area contributed by atoms with E-state index in [1.807, 2.05) is 12.3 Å². The van der Waals surface area contributed by atoms with Crippen molar-refractivity contribution in [1.82, 2.24) is 15.5 Å². The first-order chi connectivity index (χ1) is 8.42. The van der Waals surface area contributed by atoms with Gasteiger partial charge in [-0.3, -0.25) is 0 Å². The highest BCUT2D eigenvalue weighted by Crippen LogP contribution is 2.13. The maximum Gasteiger partial charge on any atom is 0.124 e. The van der Waals surface area contributed by atoms with Gasteiger partial charge in [-0.15, -0.1) is 0 Å². The Morgan fingerprint density at radius 2 is 2.18 bits per heavy atom. The molecule has 0 spiro atoms. The smallest absolute Gasteiger partial charge is 0.124 e. The van der Waals surface area contributed by atoms with Gasteiger partial charge >= 0.3 is 0 Å². The third kappa shape index (κ3) is 2.21. The van der Waals surface area contributed by atoms with E-state index in [0.717, 1.165) is 18.8 Å². The number of nitrogens with one attached hydrogen (secondary N) is 2. The molecule has 1 aromatic carbocycles. The predicted octanol–water partition coefficient (Wildman–Crippen LogP) is 2.45. The van der Waals surface area contributed by atoms with E-state index in [4.69, 9.17) is 4.52 Å². The number of hydrogen-bond donors (Lipinski definition) is 2. The lowest BCUT2D eigenvalue weighted by molar-refractivity contribution is 0.408. The molecule has 4 heteroatoms. The second kappa shape index (κ2) is 4.43. The summed E-state index contributed by atoms with van der Waals surface area (Å²) in [4.78, 5) is 3.21. The van der Waals surface area contributed by atoms with Gasteiger partial charge in [-0.25, -0.2) is 0 Å². The Morgan fingerprint density at radius 1 is 1.18 bits per heavy atom. The number of hydrogen-bond acceptors (Lipinski definition) is 3. The largest absolute Gasteiger partial charge is 0.364 e. The van der Waals surface area contributed by atoms with Crippen molar-refractivity contribution in [1.29, 1.82) is 0 Å². The quantitative estimate of drug-likeness (QED) is 0.719. The summed E-state index contributed by atoms with van der Waals surface area (Å²) < 4.78 is 4.77. The number of aromatic nitrogens is 2. The van der Waals surface area contributed by atoms with Crippen molar-refractivity contribution in [3.8, 4) is 0 Å². The van der Waals surface area contributed by atoms with Gasteiger partial charge in [-0.05, 0) is 23.1 Å². The molecule has 0 aliphatic rings. The van der Waals surface area contributed by atoms with E-state index >= 15 is 0 Å². The molecule has 0 atom stereocenters. The molecule has 2 heterocycles. The van der Waals surface area contributed by atoms with Crippen LogP contribution in [-0.2, 0) is 13.1 Å². The van der Waals surface area contributed by atoms with Gasteiger partial charge in [0.15, 0.2) is 0 Å². The zero-order valence-corrected chi connectivity index (χ0v) is 9.31. The minimum atomic E-state index is 0.721. The van der Waals surface area contributed by atoms with E-state index in [1.165, 1.54) is 16.5 Å². The zero-order valence-electron chi connectivity index (χ0n) is 9.31. The SMILES string of the molecule is c1cc2ccc(CNCc3ccon3)cc2[nH]1. The van der Waals surface area contributed by atoms with Crippen LogP contribution in [0, 0.1) is 0 Å². The Kier molecular flexibility index (Phi) is 2.63. The highest BCUT2D eigenvalue weighted by atomic mass is 16.5. The number of aromatic amines is 1. The maximum absolute atomic E-state index is 4.77. The molecule has 0 aliphatic heterocycles. The van der Waals surface area contributed by atoms with Crippen LogP contribution in [-0.4, -0.2) is 10.1 Å². The molecule has 0 amide bonds. The van der Waals surface area contributed by atoms with E-state index in [-0.39, 0.29) is 0 Å². The average molecular weight is 227 g/mol. The van der Waals surface area contributed by atoms with Gasteiger partial charge in [-0.1, -0.05) is 17.3 Å². The van der Waals surface area contributed by atoms with Crippen molar-refractivity contribution >= 4 is 10.9 Å². The van der Waals surface area contributed by atoms with Gasteiger partial charge in [0, 0.05) is 30.9 Å². The maximum atomic E-state index is 4.77. The van der Waals surface area contributed by atoms with E-state index < -0.39 is 0 Å². The lowest BCUT2D eigenvalue weighted by atomic mass is 10.1. The summed E-state index contributed by atoms with van der Waals surface area (Å²) >= 11 is 0. The Labute approximate surface area is 98.6 Å². The Morgan fingerprint density at radius 3 is 3.06 bits per heavy atom. The second-order valence-corrected chi connectivity index (χ2v) is 3.99. The minimum Gasteiger partial charge on any atom is -0.364 e. The van der Waals surface area contributed by atoms with Crippen molar-refractivity contribution < 1.29 is 4.52 Å². The summed E-state index contributed by atoms with van der Waals surface area (Å²) in [6.07, 6.45) is 3.54. The molecule has 3 aromatic rings. The van der Waals surface area contributed by atoms with Crippen LogP contribution in [0.4, 0.5) is 0 Å². The van der Waals surface area contributed by atoms with E-state index in [0.29, 0.717) is 0 Å². The lowest BCUT2D eigenvalue weighted by Gasteiger charge is -2.03. The van der Waals surface area contributed by atoms with Crippen LogP contribution in [0.2, 0.25) is 0 Å². The van der Waals surface area contributed by atoms with E-state index in [2.05, 4.69) is 39.7 Å². The van der Waals surface area contributed by atoms with Crippen molar-refractivity contribution in [2.24, 2.45) is 0 Å². The minimum absolute atomic E-state index is 0.721. The summed E-state index contributed by atoms with van der Waals surface area (Å²) in [5, 5.41) is 8.41. The predicted molar refractivity (Wildman–Crippen MR) is 65.3 cm³/mol. The van der Waals surface area contributed by atoms with Gasteiger partial charge < -0.3 is 14.8 Å². The normalized spacial score (nSPS) is 11.1. The molecule has 2 N–H and O–H groups in total. The van der Waals surface area contributed by atoms with E-state index in [1.54, 1.807) is 6.26 Å². The number of nitrogens with zero attached hydrogens (tertiary/aromatic N) is 1. The molecule has 0 aliphatic carbocycles. The van der Waals surface area contributed by atoms with E-state index in [9.17, 15) is 0 Å². The highest BCUT2D eigenvalue weighted by molar-refractivity contribution is 5.79. The summed E-state index contributed by atoms with van der Waals surface area (Å²) in [6.45, 7) is 1.54. The average Bonchev–Trinajstić information content (AvgIpc) is 2.98. The van der Waals surface area contributed by atoms with Crippen LogP contribution in [0.3, 0.4) is 0 Å². The number of H-pyrrole nitrogens is 1. The van der Waals surface area contributed by atoms with Crippen LogP contribution in [0.1, 0.15) is 11.3 Å². The second-order valence-electron chi connectivity index (χ2n) is 3.99. The fourth-order valence-corrected chi connectivity index (χ4v) is 1.87. The third-order valence-corrected chi connectivity index (χ3v) is 2.75. The monoisotopic (exact) mass is 227 g/mol. The molecule has 4 nitrogen and oxygen atoms in total. The molecule has 3 rings (SSSR count). The van der Waals surface area contributed by atoms with Crippen LogP contribution in [0.15, 0.2) is 47.3 Å².